The molecule has 2 fully saturated rings. The fraction of sp³-hybridized carbons (Fsp3) is 0.438. The van der Waals surface area contributed by atoms with Crippen molar-refractivity contribution in [3.8, 4) is 0 Å². The zero-order valence-corrected chi connectivity index (χ0v) is 23.9. The average molecular weight is 545 g/mol. The number of carbonyl (C=O) groups is 4. The second-order valence-corrected chi connectivity index (χ2v) is 11.2. The quantitative estimate of drug-likeness (QED) is 0.456. The molecule has 0 spiro atoms. The number of nitrogens with zero attached hydrogens (tertiary/aromatic N) is 2. The summed E-state index contributed by atoms with van der Waals surface area (Å²) in [5.41, 5.74) is 3.34. The topological polar surface area (TPSA) is 98.8 Å². The maximum absolute atomic E-state index is 12.8. The summed E-state index contributed by atoms with van der Waals surface area (Å²) in [7, 11) is 0. The van der Waals surface area contributed by atoms with Crippen LogP contribution >= 0.6 is 0 Å². The number of anilines is 2. The number of hydrogen-bond acceptors (Lipinski definition) is 4. The largest absolute Gasteiger partial charge is 0.330 e. The van der Waals surface area contributed by atoms with Gasteiger partial charge in [-0.1, -0.05) is 64.1 Å². The molecule has 0 unspecified atom stereocenters. The second-order valence-electron chi connectivity index (χ2n) is 11.2. The van der Waals surface area contributed by atoms with Crippen LogP contribution in [0.15, 0.2) is 48.5 Å². The second kappa shape index (κ2) is 12.9. The highest BCUT2D eigenvalue weighted by Gasteiger charge is 2.36. The van der Waals surface area contributed by atoms with Crippen LogP contribution in [0.2, 0.25) is 0 Å². The summed E-state index contributed by atoms with van der Waals surface area (Å²) in [6.45, 7) is 8.69. The maximum Gasteiger partial charge on any atom is 0.247 e. The third-order valence-corrected chi connectivity index (χ3v) is 7.49. The van der Waals surface area contributed by atoms with E-state index in [0.29, 0.717) is 37.3 Å². The number of likely N-dealkylation sites (tertiary alicyclic amines) is 2. The monoisotopic (exact) mass is 544 g/mol. The fourth-order valence-electron chi connectivity index (χ4n) is 5.27. The van der Waals surface area contributed by atoms with Crippen molar-refractivity contribution in [3.05, 3.63) is 59.7 Å². The van der Waals surface area contributed by atoms with Crippen molar-refractivity contribution in [2.75, 3.05) is 23.7 Å². The van der Waals surface area contributed by atoms with E-state index in [1.54, 1.807) is 9.80 Å². The molecule has 2 heterocycles. The Labute approximate surface area is 236 Å². The van der Waals surface area contributed by atoms with Gasteiger partial charge in [0, 0.05) is 36.3 Å². The van der Waals surface area contributed by atoms with Crippen LogP contribution < -0.4 is 10.6 Å². The van der Waals surface area contributed by atoms with E-state index in [2.05, 4.69) is 10.6 Å². The molecule has 8 nitrogen and oxygen atoms in total. The molecule has 0 aliphatic carbocycles. The first-order chi connectivity index (χ1) is 19.1. The van der Waals surface area contributed by atoms with Gasteiger partial charge in [-0.25, -0.2) is 0 Å². The summed E-state index contributed by atoms with van der Waals surface area (Å²) in [6.07, 6.45) is 7.01. The smallest absolute Gasteiger partial charge is 0.247 e. The molecular weight excluding hydrogens is 504 g/mol. The lowest BCUT2D eigenvalue weighted by Gasteiger charge is -2.25. The van der Waals surface area contributed by atoms with Gasteiger partial charge in [0.05, 0.1) is 0 Å². The molecule has 2 aliphatic heterocycles. The molecule has 2 aromatic rings. The van der Waals surface area contributed by atoms with Crippen molar-refractivity contribution in [2.45, 2.75) is 65.5 Å². The number of carbonyl (C=O) groups excluding carboxylic acids is 4. The highest BCUT2D eigenvalue weighted by Crippen LogP contribution is 2.23. The molecule has 0 bridgehead atoms. The molecule has 2 atom stereocenters. The summed E-state index contributed by atoms with van der Waals surface area (Å²) < 4.78 is 0. The van der Waals surface area contributed by atoms with Gasteiger partial charge in [0.15, 0.2) is 0 Å². The van der Waals surface area contributed by atoms with Crippen LogP contribution in [-0.2, 0) is 19.2 Å². The third kappa shape index (κ3) is 6.97. The van der Waals surface area contributed by atoms with E-state index in [1.807, 2.05) is 88.4 Å². The third-order valence-electron chi connectivity index (χ3n) is 7.49. The predicted octanol–water partition coefficient (Wildman–Crippen LogP) is 5.03. The van der Waals surface area contributed by atoms with E-state index < -0.39 is 12.1 Å². The number of benzene rings is 2. The van der Waals surface area contributed by atoms with Gasteiger partial charge < -0.3 is 20.4 Å². The normalized spacial score (nSPS) is 19.1. The molecule has 2 N–H and O–H groups in total. The van der Waals surface area contributed by atoms with Gasteiger partial charge in [0.25, 0.3) is 0 Å². The lowest BCUT2D eigenvalue weighted by atomic mass is 10.1. The van der Waals surface area contributed by atoms with Crippen LogP contribution in [0.25, 0.3) is 12.2 Å². The first-order valence-electron chi connectivity index (χ1n) is 14.2. The molecule has 2 aromatic carbocycles. The van der Waals surface area contributed by atoms with E-state index in [0.717, 1.165) is 24.0 Å². The zero-order valence-electron chi connectivity index (χ0n) is 23.9. The van der Waals surface area contributed by atoms with E-state index in [9.17, 15) is 19.2 Å². The van der Waals surface area contributed by atoms with E-state index in [4.69, 9.17) is 0 Å². The Hall–Kier alpha value is -3.94. The van der Waals surface area contributed by atoms with Crippen LogP contribution in [0, 0.1) is 11.8 Å². The summed E-state index contributed by atoms with van der Waals surface area (Å²) in [5, 5.41) is 5.90. The van der Waals surface area contributed by atoms with Crippen LogP contribution in [0.1, 0.15) is 64.5 Å². The van der Waals surface area contributed by atoms with E-state index >= 15 is 0 Å². The van der Waals surface area contributed by atoms with Crippen molar-refractivity contribution in [1.29, 1.82) is 0 Å². The Morgan fingerprint density at radius 3 is 1.32 bits per heavy atom. The van der Waals surface area contributed by atoms with Crippen LogP contribution in [0.5, 0.6) is 0 Å². The minimum atomic E-state index is -0.415. The van der Waals surface area contributed by atoms with Gasteiger partial charge in [-0.2, -0.15) is 0 Å². The standard InChI is InChI=1S/C32H40N4O4/c1-21(2)31(39)35-19-5-7-27(35)29(37)33-25-15-11-23(12-16-25)9-10-24-13-17-26(18-14-24)34-30(38)28-8-6-20-36(28)32(40)22(3)4/h9-18,21-22,27-28H,5-8,19-20H2,1-4H3,(H,33,37)(H,34,38)/b10-9+/t27-,28-/m0/s1. The molecule has 4 rings (SSSR count). The van der Waals surface area contributed by atoms with Gasteiger partial charge in [-0.3, -0.25) is 19.2 Å². The minimum absolute atomic E-state index is 0.0205. The van der Waals surface area contributed by atoms with Crippen molar-refractivity contribution in [2.24, 2.45) is 11.8 Å². The minimum Gasteiger partial charge on any atom is -0.330 e. The molecule has 2 saturated heterocycles. The number of rotatable bonds is 8. The van der Waals surface area contributed by atoms with Gasteiger partial charge in [-0.05, 0) is 61.1 Å². The van der Waals surface area contributed by atoms with Crippen molar-refractivity contribution >= 4 is 47.2 Å². The number of hydrogen-bond donors (Lipinski definition) is 2. The first kappa shape index (κ1) is 29.1. The maximum atomic E-state index is 12.8. The Kier molecular flexibility index (Phi) is 9.40. The summed E-state index contributed by atoms with van der Waals surface area (Å²) >= 11 is 0. The van der Waals surface area contributed by atoms with Crippen molar-refractivity contribution in [3.63, 3.8) is 0 Å². The molecule has 2 aliphatic rings. The van der Waals surface area contributed by atoms with Gasteiger partial charge in [0.2, 0.25) is 23.6 Å². The SMILES string of the molecule is CC(C)C(=O)N1CCC[C@H]1C(=O)Nc1ccc(/C=C/c2ccc(NC(=O)[C@@H]3CCCN3C(=O)C(C)C)cc2)cc1. The lowest BCUT2D eigenvalue weighted by molar-refractivity contribution is -0.139. The van der Waals surface area contributed by atoms with E-state index in [-0.39, 0.29) is 35.5 Å². The molecule has 0 saturated carbocycles. The summed E-state index contributed by atoms with van der Waals surface area (Å²) in [6, 6.07) is 14.3. The molecule has 4 amide bonds. The fourth-order valence-corrected chi connectivity index (χ4v) is 5.27. The summed E-state index contributed by atoms with van der Waals surface area (Å²) in [4.78, 5) is 53.9. The lowest BCUT2D eigenvalue weighted by Crippen LogP contribution is -2.44. The van der Waals surface area contributed by atoms with Crippen LogP contribution in [-0.4, -0.2) is 58.6 Å². The molecule has 212 valence electrons. The highest BCUT2D eigenvalue weighted by molar-refractivity contribution is 5.98. The molecular formula is C32H40N4O4. The average Bonchev–Trinajstić information content (AvgIpc) is 3.63. The number of amides is 4. The summed E-state index contributed by atoms with van der Waals surface area (Å²) in [5.74, 6) is -0.500. The Balaban J connectivity index is 1.30. The number of nitrogens with one attached hydrogen (secondary N) is 2. The molecule has 0 aromatic heterocycles. The molecule has 0 radical (unpaired) electrons. The Morgan fingerprint density at radius 2 is 1.00 bits per heavy atom. The zero-order chi connectivity index (χ0) is 28.8. The van der Waals surface area contributed by atoms with Crippen LogP contribution in [0.4, 0.5) is 11.4 Å². The van der Waals surface area contributed by atoms with Crippen molar-refractivity contribution < 1.29 is 19.2 Å². The van der Waals surface area contributed by atoms with Gasteiger partial charge >= 0.3 is 0 Å². The van der Waals surface area contributed by atoms with Gasteiger partial charge in [-0.15, -0.1) is 0 Å². The van der Waals surface area contributed by atoms with E-state index in [1.165, 1.54) is 0 Å². The van der Waals surface area contributed by atoms with Crippen molar-refractivity contribution in [1.82, 2.24) is 9.80 Å². The Bertz CT molecular complexity index is 1150. The molecule has 40 heavy (non-hydrogen) atoms. The molecule has 8 heteroatoms. The highest BCUT2D eigenvalue weighted by atomic mass is 16.2. The van der Waals surface area contributed by atoms with Gasteiger partial charge in [0.1, 0.15) is 12.1 Å². The Morgan fingerprint density at radius 1 is 0.650 bits per heavy atom. The van der Waals surface area contributed by atoms with Crippen LogP contribution in [0.3, 0.4) is 0 Å². The predicted molar refractivity (Wildman–Crippen MR) is 158 cm³/mol. The first-order valence-corrected chi connectivity index (χ1v) is 14.2.